The van der Waals surface area contributed by atoms with Crippen LogP contribution in [0.5, 0.6) is 5.75 Å². The number of hydrogen-bond acceptors (Lipinski definition) is 3. The van der Waals surface area contributed by atoms with Crippen molar-refractivity contribution in [1.29, 1.82) is 0 Å². The number of hydrogen-bond donors (Lipinski definition) is 2. The van der Waals surface area contributed by atoms with Gasteiger partial charge in [-0.2, -0.15) is 11.3 Å². The van der Waals surface area contributed by atoms with Crippen molar-refractivity contribution >= 4 is 17.3 Å². The minimum Gasteiger partial charge on any atom is -0.494 e. The van der Waals surface area contributed by atoms with Gasteiger partial charge in [0.05, 0.1) is 13.2 Å². The Bertz CT molecular complexity index is 673. The Kier molecular flexibility index (Phi) is 6.61. The first-order valence-electron chi connectivity index (χ1n) is 7.87. The molecule has 2 rings (SSSR count). The lowest BCUT2D eigenvalue weighted by molar-refractivity contribution is 0.386. The van der Waals surface area contributed by atoms with E-state index in [0.717, 1.165) is 12.1 Å². The van der Waals surface area contributed by atoms with E-state index in [9.17, 15) is 4.39 Å². The summed E-state index contributed by atoms with van der Waals surface area (Å²) in [6.07, 6.45) is 0. The van der Waals surface area contributed by atoms with Crippen LogP contribution in [0.25, 0.3) is 0 Å². The summed E-state index contributed by atoms with van der Waals surface area (Å²) in [4.78, 5) is 4.24. The summed E-state index contributed by atoms with van der Waals surface area (Å²) in [5.41, 5.74) is 2.15. The van der Waals surface area contributed by atoms with Gasteiger partial charge in [-0.15, -0.1) is 0 Å². The molecule has 24 heavy (non-hydrogen) atoms. The number of halogens is 1. The van der Waals surface area contributed by atoms with Gasteiger partial charge in [-0.3, -0.25) is 4.99 Å². The first-order valence-corrected chi connectivity index (χ1v) is 8.82. The van der Waals surface area contributed by atoms with E-state index in [4.69, 9.17) is 4.74 Å². The largest absolute Gasteiger partial charge is 0.494 e. The minimum absolute atomic E-state index is 0.0759. The SMILES string of the molecule is CN=C(NCC(C)c1ccsc1)NC(C)c1ccc(OC)c(F)c1. The second kappa shape index (κ2) is 8.68. The van der Waals surface area contributed by atoms with E-state index in [0.29, 0.717) is 11.9 Å². The van der Waals surface area contributed by atoms with Crippen LogP contribution in [-0.2, 0) is 0 Å². The minimum atomic E-state index is -0.363. The summed E-state index contributed by atoms with van der Waals surface area (Å²) >= 11 is 1.70. The number of thiophene rings is 1. The van der Waals surface area contributed by atoms with Gasteiger partial charge in [0.25, 0.3) is 0 Å². The van der Waals surface area contributed by atoms with E-state index in [1.54, 1.807) is 24.5 Å². The smallest absolute Gasteiger partial charge is 0.191 e. The van der Waals surface area contributed by atoms with Crippen LogP contribution < -0.4 is 15.4 Å². The molecule has 2 unspecified atom stereocenters. The maximum Gasteiger partial charge on any atom is 0.191 e. The highest BCUT2D eigenvalue weighted by Gasteiger charge is 2.12. The third-order valence-corrected chi connectivity index (χ3v) is 4.64. The number of nitrogens with one attached hydrogen (secondary N) is 2. The fourth-order valence-electron chi connectivity index (χ4n) is 2.36. The number of aliphatic imine (C=N–C) groups is 1. The molecule has 0 aliphatic carbocycles. The van der Waals surface area contributed by atoms with Crippen LogP contribution in [-0.4, -0.2) is 26.7 Å². The zero-order valence-corrected chi connectivity index (χ0v) is 15.3. The van der Waals surface area contributed by atoms with Crippen molar-refractivity contribution < 1.29 is 9.13 Å². The number of ether oxygens (including phenoxy) is 1. The number of nitrogens with zero attached hydrogens (tertiary/aromatic N) is 1. The molecule has 0 bridgehead atoms. The molecule has 0 aliphatic heterocycles. The van der Waals surface area contributed by atoms with E-state index in [-0.39, 0.29) is 17.6 Å². The summed E-state index contributed by atoms with van der Waals surface area (Å²) in [6, 6.07) is 7.03. The van der Waals surface area contributed by atoms with E-state index in [1.807, 2.05) is 13.0 Å². The molecule has 1 aromatic heterocycles. The van der Waals surface area contributed by atoms with Crippen LogP contribution in [0.2, 0.25) is 0 Å². The normalized spacial score (nSPS) is 14.1. The molecule has 0 saturated carbocycles. The van der Waals surface area contributed by atoms with Crippen LogP contribution in [0.3, 0.4) is 0 Å². The molecule has 2 atom stereocenters. The average molecular weight is 349 g/mol. The number of methoxy groups -OCH3 is 1. The lowest BCUT2D eigenvalue weighted by atomic mass is 10.1. The molecular formula is C18H24FN3OS. The predicted molar refractivity (Wildman–Crippen MR) is 98.6 cm³/mol. The van der Waals surface area contributed by atoms with Gasteiger partial charge in [0.2, 0.25) is 0 Å². The lowest BCUT2D eigenvalue weighted by Gasteiger charge is -2.20. The summed E-state index contributed by atoms with van der Waals surface area (Å²) in [5, 5.41) is 10.8. The molecule has 0 amide bonds. The van der Waals surface area contributed by atoms with Crippen molar-refractivity contribution in [2.75, 3.05) is 20.7 Å². The highest BCUT2D eigenvalue weighted by Crippen LogP contribution is 2.21. The first-order chi connectivity index (χ1) is 11.5. The van der Waals surface area contributed by atoms with E-state index < -0.39 is 0 Å². The quantitative estimate of drug-likeness (QED) is 0.614. The van der Waals surface area contributed by atoms with Crippen LogP contribution in [0, 0.1) is 5.82 Å². The van der Waals surface area contributed by atoms with Crippen LogP contribution in [0.15, 0.2) is 40.0 Å². The Morgan fingerprint density at radius 3 is 2.67 bits per heavy atom. The van der Waals surface area contributed by atoms with Crippen LogP contribution in [0.4, 0.5) is 4.39 Å². The molecule has 0 spiro atoms. The fourth-order valence-corrected chi connectivity index (χ4v) is 3.14. The maximum atomic E-state index is 13.8. The summed E-state index contributed by atoms with van der Waals surface area (Å²) in [6.45, 7) is 4.92. The van der Waals surface area contributed by atoms with Gasteiger partial charge in [0.15, 0.2) is 17.5 Å². The molecular weight excluding hydrogens is 325 g/mol. The molecule has 1 heterocycles. The van der Waals surface area contributed by atoms with E-state index in [2.05, 4.69) is 39.4 Å². The molecule has 0 saturated heterocycles. The molecule has 2 aromatic rings. The molecule has 2 N–H and O–H groups in total. The molecule has 0 fully saturated rings. The zero-order valence-electron chi connectivity index (χ0n) is 14.5. The van der Waals surface area contributed by atoms with Gasteiger partial charge >= 0.3 is 0 Å². The van der Waals surface area contributed by atoms with Crippen molar-refractivity contribution in [2.45, 2.75) is 25.8 Å². The third-order valence-electron chi connectivity index (χ3n) is 3.94. The van der Waals surface area contributed by atoms with Gasteiger partial charge in [-0.25, -0.2) is 4.39 Å². The average Bonchev–Trinajstić information content (AvgIpc) is 3.12. The van der Waals surface area contributed by atoms with Crippen LogP contribution in [0.1, 0.15) is 36.9 Å². The van der Waals surface area contributed by atoms with E-state index in [1.165, 1.54) is 18.7 Å². The van der Waals surface area contributed by atoms with Crippen molar-refractivity contribution in [1.82, 2.24) is 10.6 Å². The topological polar surface area (TPSA) is 45.7 Å². The molecule has 6 heteroatoms. The summed E-state index contributed by atoms with van der Waals surface area (Å²) in [7, 11) is 3.19. The monoisotopic (exact) mass is 349 g/mol. The Morgan fingerprint density at radius 1 is 1.29 bits per heavy atom. The molecule has 0 radical (unpaired) electrons. The third kappa shape index (κ3) is 4.71. The second-order valence-corrected chi connectivity index (χ2v) is 6.45. The summed E-state index contributed by atoms with van der Waals surface area (Å²) in [5.74, 6) is 0.972. The van der Waals surface area contributed by atoms with Gasteiger partial charge < -0.3 is 15.4 Å². The number of rotatable bonds is 6. The van der Waals surface area contributed by atoms with E-state index >= 15 is 0 Å². The van der Waals surface area contributed by atoms with Gasteiger partial charge in [0, 0.05) is 13.6 Å². The zero-order chi connectivity index (χ0) is 17.5. The van der Waals surface area contributed by atoms with Gasteiger partial charge in [-0.1, -0.05) is 13.0 Å². The van der Waals surface area contributed by atoms with Crippen molar-refractivity contribution in [2.24, 2.45) is 4.99 Å². The second-order valence-electron chi connectivity index (χ2n) is 5.67. The Morgan fingerprint density at radius 2 is 2.08 bits per heavy atom. The highest BCUT2D eigenvalue weighted by atomic mass is 32.1. The van der Waals surface area contributed by atoms with Crippen molar-refractivity contribution in [3.8, 4) is 5.75 Å². The summed E-state index contributed by atoms with van der Waals surface area (Å²) < 4.78 is 18.8. The first kappa shape index (κ1) is 18.3. The van der Waals surface area contributed by atoms with Crippen LogP contribution >= 0.6 is 11.3 Å². The highest BCUT2D eigenvalue weighted by molar-refractivity contribution is 7.07. The molecule has 0 aliphatic rings. The number of benzene rings is 1. The fraction of sp³-hybridized carbons (Fsp3) is 0.389. The molecule has 4 nitrogen and oxygen atoms in total. The Balaban J connectivity index is 1.93. The van der Waals surface area contributed by atoms with Gasteiger partial charge in [-0.05, 0) is 52.9 Å². The maximum absolute atomic E-state index is 13.8. The predicted octanol–water partition coefficient (Wildman–Crippen LogP) is 3.93. The molecule has 130 valence electrons. The standard InChI is InChI=1S/C18H24FN3OS/c1-12(15-7-8-24-11-15)10-21-18(20-3)22-13(2)14-5-6-17(23-4)16(19)9-14/h5-9,11-13H,10H2,1-4H3,(H2,20,21,22). The van der Waals surface area contributed by atoms with Crippen molar-refractivity contribution in [3.63, 3.8) is 0 Å². The lowest BCUT2D eigenvalue weighted by Crippen LogP contribution is -2.40. The Hall–Kier alpha value is -2.08. The number of guanidine groups is 1. The van der Waals surface area contributed by atoms with Crippen molar-refractivity contribution in [3.05, 3.63) is 52.0 Å². The molecule has 1 aromatic carbocycles. The Labute approximate surface area is 146 Å². The van der Waals surface area contributed by atoms with Gasteiger partial charge in [0.1, 0.15) is 0 Å².